The fourth-order valence-corrected chi connectivity index (χ4v) is 2.30. The highest BCUT2D eigenvalue weighted by atomic mass is 32.1. The molecule has 0 atom stereocenters. The summed E-state index contributed by atoms with van der Waals surface area (Å²) in [4.78, 5) is 8.63. The number of aryl methyl sites for hydroxylation is 1. The molecule has 0 aliphatic heterocycles. The number of thiazole rings is 1. The first-order valence-corrected chi connectivity index (χ1v) is 7.97. The average Bonchev–Trinajstić information content (AvgIpc) is 2.81. The Balaban J connectivity index is 2.10. The number of nitrogens with one attached hydrogen (secondary N) is 2. The molecule has 0 radical (unpaired) electrons. The van der Waals surface area contributed by atoms with Gasteiger partial charge in [0, 0.05) is 38.5 Å². The van der Waals surface area contributed by atoms with Gasteiger partial charge in [0.25, 0.3) is 0 Å². The van der Waals surface area contributed by atoms with E-state index < -0.39 is 0 Å². The Morgan fingerprint density at radius 2 is 2.15 bits per heavy atom. The normalized spacial score (nSPS) is 11.9. The van der Waals surface area contributed by atoms with Crippen LogP contribution < -0.4 is 10.6 Å². The number of aromatic nitrogens is 1. The third-order valence-corrected chi connectivity index (χ3v) is 3.45. The van der Waals surface area contributed by atoms with Gasteiger partial charge in [-0.15, -0.1) is 11.3 Å². The summed E-state index contributed by atoms with van der Waals surface area (Å²) in [6.07, 6.45) is 2.19. The topological polar surface area (TPSA) is 58.5 Å². The SMILES string of the molecule is CN=C(NCCCOC(C)C)NCCc1csc(C)n1. The van der Waals surface area contributed by atoms with Gasteiger partial charge in [-0.25, -0.2) is 4.98 Å². The van der Waals surface area contributed by atoms with Crippen LogP contribution in [0.3, 0.4) is 0 Å². The highest BCUT2D eigenvalue weighted by Crippen LogP contribution is 2.07. The van der Waals surface area contributed by atoms with E-state index >= 15 is 0 Å². The van der Waals surface area contributed by atoms with Gasteiger partial charge in [0.15, 0.2) is 5.96 Å². The molecule has 0 aliphatic carbocycles. The van der Waals surface area contributed by atoms with Crippen molar-refractivity contribution in [3.8, 4) is 0 Å². The molecule has 20 heavy (non-hydrogen) atoms. The van der Waals surface area contributed by atoms with Crippen LogP contribution in [0.1, 0.15) is 31.0 Å². The lowest BCUT2D eigenvalue weighted by Gasteiger charge is -2.12. The van der Waals surface area contributed by atoms with E-state index in [1.807, 2.05) is 20.8 Å². The van der Waals surface area contributed by atoms with Crippen LogP contribution in [0, 0.1) is 6.92 Å². The van der Waals surface area contributed by atoms with Crippen LogP contribution >= 0.6 is 11.3 Å². The Labute approximate surface area is 125 Å². The van der Waals surface area contributed by atoms with Gasteiger partial charge in [-0.05, 0) is 27.2 Å². The molecule has 0 aromatic carbocycles. The summed E-state index contributed by atoms with van der Waals surface area (Å²) in [5.41, 5.74) is 1.14. The molecule has 0 bridgehead atoms. The van der Waals surface area contributed by atoms with Crippen molar-refractivity contribution in [3.05, 3.63) is 16.1 Å². The van der Waals surface area contributed by atoms with Gasteiger partial charge < -0.3 is 15.4 Å². The van der Waals surface area contributed by atoms with E-state index in [2.05, 4.69) is 26.0 Å². The van der Waals surface area contributed by atoms with Crippen LogP contribution in [0.4, 0.5) is 0 Å². The Kier molecular flexibility index (Phi) is 8.22. The molecular weight excluding hydrogens is 272 g/mol. The first-order chi connectivity index (χ1) is 9.61. The van der Waals surface area contributed by atoms with Crippen molar-refractivity contribution in [3.63, 3.8) is 0 Å². The fourth-order valence-electron chi connectivity index (χ4n) is 1.65. The molecule has 5 nitrogen and oxygen atoms in total. The lowest BCUT2D eigenvalue weighted by Crippen LogP contribution is -2.39. The molecule has 114 valence electrons. The number of hydrogen-bond acceptors (Lipinski definition) is 4. The third-order valence-electron chi connectivity index (χ3n) is 2.63. The van der Waals surface area contributed by atoms with Gasteiger partial charge in [0.1, 0.15) is 0 Å². The number of guanidine groups is 1. The minimum Gasteiger partial charge on any atom is -0.379 e. The molecule has 0 unspecified atom stereocenters. The monoisotopic (exact) mass is 298 g/mol. The molecule has 1 heterocycles. The summed E-state index contributed by atoms with van der Waals surface area (Å²) in [6, 6.07) is 0. The predicted molar refractivity (Wildman–Crippen MR) is 85.6 cm³/mol. The molecule has 1 aromatic rings. The zero-order valence-corrected chi connectivity index (χ0v) is 13.7. The van der Waals surface area contributed by atoms with Crippen LogP contribution in [0.5, 0.6) is 0 Å². The largest absolute Gasteiger partial charge is 0.379 e. The van der Waals surface area contributed by atoms with Gasteiger partial charge in [-0.2, -0.15) is 0 Å². The molecule has 0 saturated carbocycles. The summed E-state index contributed by atoms with van der Waals surface area (Å²) >= 11 is 1.69. The second kappa shape index (κ2) is 9.72. The summed E-state index contributed by atoms with van der Waals surface area (Å²) in [5.74, 6) is 0.835. The molecule has 0 spiro atoms. The molecule has 0 aliphatic rings. The Bertz CT molecular complexity index is 404. The first kappa shape index (κ1) is 16.9. The van der Waals surface area contributed by atoms with Crippen molar-refractivity contribution in [2.45, 2.75) is 39.7 Å². The highest BCUT2D eigenvalue weighted by Gasteiger charge is 2.00. The van der Waals surface area contributed by atoms with Crippen molar-refractivity contribution in [2.24, 2.45) is 4.99 Å². The lowest BCUT2D eigenvalue weighted by molar-refractivity contribution is 0.0776. The Morgan fingerprint density at radius 1 is 1.40 bits per heavy atom. The number of rotatable bonds is 8. The van der Waals surface area contributed by atoms with Crippen molar-refractivity contribution in [1.82, 2.24) is 15.6 Å². The maximum atomic E-state index is 5.49. The van der Waals surface area contributed by atoms with E-state index in [-0.39, 0.29) is 0 Å². The molecule has 0 fully saturated rings. The lowest BCUT2D eigenvalue weighted by atomic mass is 10.3. The number of nitrogens with zero attached hydrogens (tertiary/aromatic N) is 2. The Morgan fingerprint density at radius 3 is 2.75 bits per heavy atom. The summed E-state index contributed by atoms with van der Waals surface area (Å²) in [5, 5.41) is 9.79. The van der Waals surface area contributed by atoms with Crippen LogP contribution in [-0.4, -0.2) is 43.8 Å². The van der Waals surface area contributed by atoms with Crippen LogP contribution in [-0.2, 0) is 11.2 Å². The molecule has 0 amide bonds. The summed E-state index contributed by atoms with van der Waals surface area (Å²) in [6.45, 7) is 8.61. The minimum absolute atomic E-state index is 0.300. The molecule has 1 aromatic heterocycles. The quantitative estimate of drug-likeness (QED) is 0.438. The zero-order valence-electron chi connectivity index (χ0n) is 12.9. The second-order valence-corrected chi connectivity index (χ2v) is 5.87. The van der Waals surface area contributed by atoms with E-state index in [0.29, 0.717) is 6.10 Å². The summed E-state index contributed by atoms with van der Waals surface area (Å²) < 4.78 is 5.49. The van der Waals surface area contributed by atoms with E-state index in [1.165, 1.54) is 0 Å². The standard InChI is InChI=1S/C14H26N4OS/c1-11(2)19-9-5-7-16-14(15-4)17-8-6-13-10-20-12(3)18-13/h10-11H,5-9H2,1-4H3,(H2,15,16,17). The van der Waals surface area contributed by atoms with E-state index in [0.717, 1.165) is 49.2 Å². The molecule has 1 rings (SSSR count). The van der Waals surface area contributed by atoms with E-state index in [9.17, 15) is 0 Å². The van der Waals surface area contributed by atoms with Crippen molar-refractivity contribution < 1.29 is 4.74 Å². The van der Waals surface area contributed by atoms with Gasteiger partial charge in [0.05, 0.1) is 16.8 Å². The number of ether oxygens (including phenoxy) is 1. The summed E-state index contributed by atoms with van der Waals surface area (Å²) in [7, 11) is 1.78. The smallest absolute Gasteiger partial charge is 0.190 e. The fraction of sp³-hybridized carbons (Fsp3) is 0.714. The number of hydrogen-bond donors (Lipinski definition) is 2. The van der Waals surface area contributed by atoms with Gasteiger partial charge in [-0.1, -0.05) is 0 Å². The second-order valence-electron chi connectivity index (χ2n) is 4.81. The predicted octanol–water partition coefficient (Wildman–Crippen LogP) is 1.97. The molecular formula is C14H26N4OS. The zero-order chi connectivity index (χ0) is 14.8. The van der Waals surface area contributed by atoms with Crippen LogP contribution in [0.2, 0.25) is 0 Å². The van der Waals surface area contributed by atoms with Gasteiger partial charge in [-0.3, -0.25) is 4.99 Å². The highest BCUT2D eigenvalue weighted by molar-refractivity contribution is 7.09. The molecule has 0 saturated heterocycles. The molecule has 2 N–H and O–H groups in total. The van der Waals surface area contributed by atoms with E-state index in [1.54, 1.807) is 18.4 Å². The Hall–Kier alpha value is -1.14. The minimum atomic E-state index is 0.300. The third kappa shape index (κ3) is 7.45. The van der Waals surface area contributed by atoms with Gasteiger partial charge >= 0.3 is 0 Å². The van der Waals surface area contributed by atoms with Crippen molar-refractivity contribution in [2.75, 3.05) is 26.7 Å². The van der Waals surface area contributed by atoms with Crippen LogP contribution in [0.25, 0.3) is 0 Å². The maximum Gasteiger partial charge on any atom is 0.190 e. The first-order valence-electron chi connectivity index (χ1n) is 7.09. The number of aliphatic imine (C=N–C) groups is 1. The maximum absolute atomic E-state index is 5.49. The van der Waals surface area contributed by atoms with Gasteiger partial charge in [0.2, 0.25) is 0 Å². The van der Waals surface area contributed by atoms with E-state index in [4.69, 9.17) is 4.74 Å². The van der Waals surface area contributed by atoms with Crippen molar-refractivity contribution in [1.29, 1.82) is 0 Å². The molecule has 6 heteroatoms. The van der Waals surface area contributed by atoms with Crippen LogP contribution in [0.15, 0.2) is 10.4 Å². The van der Waals surface area contributed by atoms with Crippen molar-refractivity contribution >= 4 is 17.3 Å². The average molecular weight is 298 g/mol.